The van der Waals surface area contributed by atoms with Gasteiger partial charge < -0.3 is 20.1 Å². The average Bonchev–Trinajstić information content (AvgIpc) is 3.01. The van der Waals surface area contributed by atoms with Gasteiger partial charge >= 0.3 is 0 Å². The summed E-state index contributed by atoms with van der Waals surface area (Å²) >= 11 is 0. The minimum atomic E-state index is -0.572. The molecule has 0 saturated heterocycles. The van der Waals surface area contributed by atoms with Crippen LogP contribution in [0.15, 0.2) is 77.6 Å². The predicted molar refractivity (Wildman–Crippen MR) is 158 cm³/mol. The highest BCUT2D eigenvalue weighted by atomic mass is 16.5. The highest BCUT2D eigenvalue weighted by Gasteiger charge is 2.20. The predicted octanol–water partition coefficient (Wildman–Crippen LogP) is 3.16. The quantitative estimate of drug-likeness (QED) is 0.243. The monoisotopic (exact) mass is 557 g/mol. The lowest BCUT2D eigenvalue weighted by atomic mass is 10.1. The van der Waals surface area contributed by atoms with Crippen LogP contribution in [0.3, 0.4) is 0 Å². The number of aromatic nitrogens is 2. The van der Waals surface area contributed by atoms with Gasteiger partial charge in [-0.25, -0.2) is 0 Å². The van der Waals surface area contributed by atoms with Crippen molar-refractivity contribution in [3.05, 3.63) is 94.4 Å². The summed E-state index contributed by atoms with van der Waals surface area (Å²) in [6.45, 7) is 4.98. The number of amides is 2. The van der Waals surface area contributed by atoms with Crippen molar-refractivity contribution in [2.45, 2.75) is 19.9 Å². The number of benzene rings is 3. The van der Waals surface area contributed by atoms with E-state index < -0.39 is 11.5 Å². The van der Waals surface area contributed by atoms with E-state index in [1.807, 2.05) is 18.2 Å². The lowest BCUT2D eigenvalue weighted by Crippen LogP contribution is -2.39. The molecule has 0 fully saturated rings. The first kappa shape index (κ1) is 29.3. The third-order valence-electron chi connectivity index (χ3n) is 6.71. The molecule has 0 saturated carbocycles. The molecule has 0 atom stereocenters. The van der Waals surface area contributed by atoms with Gasteiger partial charge in [0, 0.05) is 31.1 Å². The van der Waals surface area contributed by atoms with E-state index >= 15 is 0 Å². The molecular formula is C31H35N5O5. The first-order valence-corrected chi connectivity index (χ1v) is 13.5. The molecule has 2 N–H and O–H groups in total. The van der Waals surface area contributed by atoms with Crippen molar-refractivity contribution >= 4 is 22.6 Å². The summed E-state index contributed by atoms with van der Waals surface area (Å²) < 4.78 is 11.8. The zero-order chi connectivity index (χ0) is 29.2. The van der Waals surface area contributed by atoms with Gasteiger partial charge in [0.25, 0.3) is 11.5 Å². The Bertz CT molecular complexity index is 1550. The second kappa shape index (κ2) is 14.1. The standard InChI is InChI=1S/C31H35N5O5/c1-4-35(21-22-11-6-5-7-12-22)18-10-17-32-28(37)20-33-30(38)29-24-13-8-9-14-25(24)31(39)36(34-29)26-16-15-23(40-2)19-27(26)41-3/h5-9,11-16,19H,4,10,17-18,20-21H2,1-3H3,(H,32,37)(H,33,38). The van der Waals surface area contributed by atoms with Gasteiger partial charge in [-0.15, -0.1) is 0 Å². The van der Waals surface area contributed by atoms with Crippen LogP contribution in [0.2, 0.25) is 0 Å². The summed E-state index contributed by atoms with van der Waals surface area (Å²) in [5, 5.41) is 10.6. The molecule has 0 aliphatic heterocycles. The fraction of sp³-hybridized carbons (Fsp3) is 0.290. The second-order valence-electron chi connectivity index (χ2n) is 9.39. The zero-order valence-corrected chi connectivity index (χ0v) is 23.6. The van der Waals surface area contributed by atoms with Crippen molar-refractivity contribution in [1.29, 1.82) is 0 Å². The third-order valence-corrected chi connectivity index (χ3v) is 6.71. The summed E-state index contributed by atoms with van der Waals surface area (Å²) in [6.07, 6.45) is 0.779. The van der Waals surface area contributed by atoms with Crippen LogP contribution < -0.4 is 25.7 Å². The Kier molecular flexibility index (Phi) is 10.1. The summed E-state index contributed by atoms with van der Waals surface area (Å²) in [5.74, 6) is 0.0175. The Balaban J connectivity index is 1.41. The summed E-state index contributed by atoms with van der Waals surface area (Å²) in [5.41, 5.74) is 1.21. The number of carbonyl (C=O) groups excluding carboxylic acids is 2. The minimum absolute atomic E-state index is 0.0189. The van der Waals surface area contributed by atoms with Gasteiger partial charge in [-0.1, -0.05) is 55.5 Å². The third kappa shape index (κ3) is 7.29. The lowest BCUT2D eigenvalue weighted by molar-refractivity contribution is -0.120. The van der Waals surface area contributed by atoms with Gasteiger partial charge in [0.1, 0.15) is 17.2 Å². The van der Waals surface area contributed by atoms with Crippen molar-refractivity contribution in [3.63, 3.8) is 0 Å². The normalized spacial score (nSPS) is 10.9. The maximum atomic E-state index is 13.3. The molecular weight excluding hydrogens is 522 g/mol. The highest BCUT2D eigenvalue weighted by Crippen LogP contribution is 2.27. The summed E-state index contributed by atoms with van der Waals surface area (Å²) in [4.78, 5) is 41.3. The Hall–Kier alpha value is -4.70. The van der Waals surface area contributed by atoms with Crippen LogP contribution in [0.4, 0.5) is 0 Å². The van der Waals surface area contributed by atoms with Crippen molar-refractivity contribution in [2.75, 3.05) is 40.4 Å². The molecule has 1 heterocycles. The Morgan fingerprint density at radius 1 is 0.927 bits per heavy atom. The van der Waals surface area contributed by atoms with E-state index in [4.69, 9.17) is 9.47 Å². The molecule has 0 radical (unpaired) electrons. The van der Waals surface area contributed by atoms with Crippen LogP contribution >= 0.6 is 0 Å². The highest BCUT2D eigenvalue weighted by molar-refractivity contribution is 6.05. The van der Waals surface area contributed by atoms with Crippen molar-refractivity contribution < 1.29 is 19.1 Å². The topological polar surface area (TPSA) is 115 Å². The van der Waals surface area contributed by atoms with E-state index in [0.29, 0.717) is 34.5 Å². The van der Waals surface area contributed by atoms with Crippen LogP contribution in [-0.2, 0) is 11.3 Å². The van der Waals surface area contributed by atoms with Gasteiger partial charge in [-0.3, -0.25) is 19.3 Å². The van der Waals surface area contributed by atoms with Crippen molar-refractivity contribution in [1.82, 2.24) is 25.3 Å². The number of carbonyl (C=O) groups is 2. The molecule has 0 aliphatic rings. The first-order valence-electron chi connectivity index (χ1n) is 13.5. The van der Waals surface area contributed by atoms with Crippen LogP contribution in [0.25, 0.3) is 16.5 Å². The number of nitrogens with zero attached hydrogens (tertiary/aromatic N) is 3. The number of ether oxygens (including phenoxy) is 2. The average molecular weight is 558 g/mol. The van der Waals surface area contributed by atoms with Crippen LogP contribution in [0, 0.1) is 0 Å². The number of nitrogens with one attached hydrogen (secondary N) is 2. The number of hydrogen-bond donors (Lipinski definition) is 2. The van der Waals surface area contributed by atoms with Crippen LogP contribution in [0.1, 0.15) is 29.4 Å². The largest absolute Gasteiger partial charge is 0.497 e. The van der Waals surface area contributed by atoms with Crippen LogP contribution in [-0.4, -0.2) is 66.9 Å². The SMILES string of the molecule is CCN(CCCNC(=O)CNC(=O)c1nn(-c2ccc(OC)cc2OC)c(=O)c2ccccc12)Cc1ccccc1. The number of fused-ring (bicyclic) bond motifs is 1. The molecule has 0 spiro atoms. The molecule has 41 heavy (non-hydrogen) atoms. The molecule has 0 unspecified atom stereocenters. The Morgan fingerprint density at radius 2 is 1.66 bits per heavy atom. The van der Waals surface area contributed by atoms with Crippen molar-refractivity contribution in [2.24, 2.45) is 0 Å². The lowest BCUT2D eigenvalue weighted by Gasteiger charge is -2.20. The number of methoxy groups -OCH3 is 2. The van der Waals surface area contributed by atoms with E-state index in [0.717, 1.165) is 30.7 Å². The molecule has 1 aromatic heterocycles. The fourth-order valence-electron chi connectivity index (χ4n) is 4.51. The van der Waals surface area contributed by atoms with Crippen molar-refractivity contribution in [3.8, 4) is 17.2 Å². The van der Waals surface area contributed by atoms with Gasteiger partial charge in [0.2, 0.25) is 5.91 Å². The van der Waals surface area contributed by atoms with Gasteiger partial charge in [-0.05, 0) is 36.7 Å². The minimum Gasteiger partial charge on any atom is -0.497 e. The van der Waals surface area contributed by atoms with Gasteiger partial charge in [0.15, 0.2) is 5.69 Å². The van der Waals surface area contributed by atoms with Crippen LogP contribution in [0.5, 0.6) is 11.5 Å². The van der Waals surface area contributed by atoms with Gasteiger partial charge in [-0.2, -0.15) is 9.78 Å². The molecule has 4 rings (SSSR count). The molecule has 2 amide bonds. The molecule has 4 aromatic rings. The Morgan fingerprint density at radius 3 is 2.37 bits per heavy atom. The smallest absolute Gasteiger partial charge is 0.279 e. The maximum Gasteiger partial charge on any atom is 0.279 e. The molecule has 214 valence electrons. The van der Waals surface area contributed by atoms with E-state index in [1.165, 1.54) is 19.8 Å². The first-order chi connectivity index (χ1) is 19.9. The zero-order valence-electron chi connectivity index (χ0n) is 23.6. The van der Waals surface area contributed by atoms with Gasteiger partial charge in [0.05, 0.1) is 26.2 Å². The van der Waals surface area contributed by atoms with E-state index in [9.17, 15) is 14.4 Å². The molecule has 0 aliphatic carbocycles. The molecule has 10 nitrogen and oxygen atoms in total. The number of hydrogen-bond acceptors (Lipinski definition) is 7. The fourth-order valence-corrected chi connectivity index (χ4v) is 4.51. The maximum absolute atomic E-state index is 13.3. The summed E-state index contributed by atoms with van der Waals surface area (Å²) in [7, 11) is 3.00. The van der Waals surface area contributed by atoms with E-state index in [1.54, 1.807) is 42.5 Å². The molecule has 10 heteroatoms. The Labute approximate surface area is 238 Å². The van der Waals surface area contributed by atoms with E-state index in [2.05, 4.69) is 39.7 Å². The molecule has 3 aromatic carbocycles. The van der Waals surface area contributed by atoms with E-state index in [-0.39, 0.29) is 18.1 Å². The summed E-state index contributed by atoms with van der Waals surface area (Å²) in [6, 6.07) is 21.9. The molecule has 0 bridgehead atoms. The number of rotatable bonds is 13. The second-order valence-corrected chi connectivity index (χ2v) is 9.39.